The van der Waals surface area contributed by atoms with Crippen LogP contribution in [0.4, 0.5) is 9.18 Å². The predicted octanol–water partition coefficient (Wildman–Crippen LogP) is 1.45. The van der Waals surface area contributed by atoms with Gasteiger partial charge >= 0.3 is 12.1 Å². The fourth-order valence-electron chi connectivity index (χ4n) is 0.625. The summed E-state index contributed by atoms with van der Waals surface area (Å²) in [6, 6.07) is 0. The lowest BCUT2D eigenvalue weighted by Crippen LogP contribution is -2.32. The maximum absolute atomic E-state index is 12.4. The van der Waals surface area contributed by atoms with E-state index in [0.717, 1.165) is 6.08 Å². The van der Waals surface area contributed by atoms with Crippen molar-refractivity contribution in [3.63, 3.8) is 0 Å². The summed E-state index contributed by atoms with van der Waals surface area (Å²) in [4.78, 5) is 21.0. The van der Waals surface area contributed by atoms with Crippen molar-refractivity contribution < 1.29 is 23.8 Å². The highest BCUT2D eigenvalue weighted by molar-refractivity contribution is 5.84. The van der Waals surface area contributed by atoms with Gasteiger partial charge < -0.3 is 15.2 Å². The fraction of sp³-hybridized carbons (Fsp3) is 0.556. The van der Waals surface area contributed by atoms with Crippen molar-refractivity contribution in [2.24, 2.45) is 0 Å². The molecule has 5 nitrogen and oxygen atoms in total. The monoisotopic (exact) mass is 219 g/mol. The zero-order valence-corrected chi connectivity index (χ0v) is 8.83. The second-order valence-electron chi connectivity index (χ2n) is 3.74. The molecule has 0 bridgehead atoms. The van der Waals surface area contributed by atoms with E-state index in [-0.39, 0.29) is 6.54 Å². The van der Waals surface area contributed by atoms with E-state index in [1.54, 1.807) is 20.8 Å². The van der Waals surface area contributed by atoms with Crippen molar-refractivity contribution in [2.75, 3.05) is 6.54 Å². The van der Waals surface area contributed by atoms with Crippen LogP contribution in [0.3, 0.4) is 0 Å². The lowest BCUT2D eigenvalue weighted by atomic mass is 10.2. The molecule has 0 heterocycles. The summed E-state index contributed by atoms with van der Waals surface area (Å²) >= 11 is 0. The van der Waals surface area contributed by atoms with Crippen molar-refractivity contribution in [3.8, 4) is 0 Å². The quantitative estimate of drug-likeness (QED) is 0.704. The van der Waals surface area contributed by atoms with Gasteiger partial charge in [-0.3, -0.25) is 0 Å². The molecule has 0 aliphatic heterocycles. The largest absolute Gasteiger partial charge is 0.476 e. The van der Waals surface area contributed by atoms with Gasteiger partial charge in [0, 0.05) is 6.54 Å². The topological polar surface area (TPSA) is 75.6 Å². The second-order valence-corrected chi connectivity index (χ2v) is 3.74. The first-order chi connectivity index (χ1) is 6.72. The molecule has 0 aliphatic carbocycles. The van der Waals surface area contributed by atoms with E-state index >= 15 is 0 Å². The summed E-state index contributed by atoms with van der Waals surface area (Å²) in [5.74, 6) is -2.98. The Morgan fingerprint density at radius 2 is 2.00 bits per heavy atom. The Kier molecular flexibility index (Phi) is 4.77. The SMILES string of the molecule is CC(C)(C)OC(=O)NC/C=C(\F)C(=O)O. The molecule has 0 unspecified atom stereocenters. The first-order valence-corrected chi connectivity index (χ1v) is 4.28. The van der Waals surface area contributed by atoms with E-state index in [1.165, 1.54) is 0 Å². The molecular formula is C9H14FNO4. The van der Waals surface area contributed by atoms with Crippen LogP contribution in [0.25, 0.3) is 0 Å². The molecule has 15 heavy (non-hydrogen) atoms. The Morgan fingerprint density at radius 3 is 2.40 bits per heavy atom. The summed E-state index contributed by atoms with van der Waals surface area (Å²) < 4.78 is 17.2. The zero-order valence-electron chi connectivity index (χ0n) is 8.83. The third-order valence-electron chi connectivity index (χ3n) is 1.13. The van der Waals surface area contributed by atoms with Crippen LogP contribution in [0.5, 0.6) is 0 Å². The van der Waals surface area contributed by atoms with Gasteiger partial charge in [0.1, 0.15) is 5.60 Å². The first kappa shape index (κ1) is 13.4. The number of nitrogens with one attached hydrogen (secondary N) is 1. The molecule has 0 rings (SSSR count). The minimum absolute atomic E-state index is 0.229. The summed E-state index contributed by atoms with van der Waals surface area (Å²) in [6.45, 7) is 4.81. The summed E-state index contributed by atoms with van der Waals surface area (Å²) in [7, 11) is 0. The first-order valence-electron chi connectivity index (χ1n) is 4.28. The fourth-order valence-corrected chi connectivity index (χ4v) is 0.625. The van der Waals surface area contributed by atoms with Crippen molar-refractivity contribution in [3.05, 3.63) is 11.9 Å². The highest BCUT2D eigenvalue weighted by atomic mass is 19.1. The molecule has 0 fully saturated rings. The molecule has 0 aromatic carbocycles. The molecule has 0 radical (unpaired) electrons. The number of carbonyl (C=O) groups excluding carboxylic acids is 1. The smallest absolute Gasteiger partial charge is 0.407 e. The molecule has 0 saturated heterocycles. The molecule has 0 spiro atoms. The van der Waals surface area contributed by atoms with E-state index in [2.05, 4.69) is 5.32 Å². The third-order valence-corrected chi connectivity index (χ3v) is 1.13. The number of halogens is 1. The molecule has 2 N–H and O–H groups in total. The van der Waals surface area contributed by atoms with E-state index < -0.39 is 23.5 Å². The number of alkyl carbamates (subject to hydrolysis) is 1. The van der Waals surface area contributed by atoms with Crippen LogP contribution in [0.1, 0.15) is 20.8 Å². The molecular weight excluding hydrogens is 205 g/mol. The number of rotatable bonds is 3. The number of carboxylic acids is 1. The van der Waals surface area contributed by atoms with E-state index in [4.69, 9.17) is 9.84 Å². The molecule has 0 atom stereocenters. The number of aliphatic carboxylic acids is 1. The van der Waals surface area contributed by atoms with Crippen LogP contribution in [-0.2, 0) is 9.53 Å². The van der Waals surface area contributed by atoms with Gasteiger partial charge in [0.05, 0.1) is 0 Å². The Bertz CT molecular complexity index is 280. The second kappa shape index (κ2) is 5.33. The van der Waals surface area contributed by atoms with Crippen molar-refractivity contribution >= 4 is 12.1 Å². The van der Waals surface area contributed by atoms with Gasteiger partial charge in [-0.05, 0) is 26.8 Å². The maximum atomic E-state index is 12.4. The maximum Gasteiger partial charge on any atom is 0.407 e. The average Bonchev–Trinajstić information content (AvgIpc) is 2.00. The average molecular weight is 219 g/mol. The normalized spacial score (nSPS) is 12.1. The number of carboxylic acid groups (broad SMARTS) is 1. The highest BCUT2D eigenvalue weighted by Gasteiger charge is 2.15. The van der Waals surface area contributed by atoms with Gasteiger partial charge in [0.15, 0.2) is 0 Å². The number of hydrogen-bond acceptors (Lipinski definition) is 3. The van der Waals surface area contributed by atoms with Crippen LogP contribution < -0.4 is 5.32 Å². The Morgan fingerprint density at radius 1 is 1.47 bits per heavy atom. The Balaban J connectivity index is 3.93. The predicted molar refractivity (Wildman–Crippen MR) is 51.1 cm³/mol. The number of ether oxygens (including phenoxy) is 1. The highest BCUT2D eigenvalue weighted by Crippen LogP contribution is 2.06. The van der Waals surface area contributed by atoms with Crippen LogP contribution in [0.15, 0.2) is 11.9 Å². The molecule has 0 aliphatic rings. The third kappa shape index (κ3) is 7.48. The number of hydrogen-bond donors (Lipinski definition) is 2. The van der Waals surface area contributed by atoms with Crippen LogP contribution in [0, 0.1) is 0 Å². The lowest BCUT2D eigenvalue weighted by Gasteiger charge is -2.19. The minimum atomic E-state index is -1.67. The van der Waals surface area contributed by atoms with E-state index in [9.17, 15) is 14.0 Å². The number of amides is 1. The summed E-state index contributed by atoms with van der Waals surface area (Å²) in [6.07, 6.45) is 0.0173. The lowest BCUT2D eigenvalue weighted by molar-refractivity contribution is -0.134. The molecule has 6 heteroatoms. The van der Waals surface area contributed by atoms with Gasteiger partial charge in [-0.2, -0.15) is 4.39 Å². The minimum Gasteiger partial charge on any atom is -0.476 e. The molecule has 0 aromatic rings. The van der Waals surface area contributed by atoms with Gasteiger partial charge in [-0.15, -0.1) is 0 Å². The standard InChI is InChI=1S/C9H14FNO4/c1-9(2,3)15-8(14)11-5-4-6(10)7(12)13/h4H,5H2,1-3H3,(H,11,14)(H,12,13)/b6-4-. The van der Waals surface area contributed by atoms with Gasteiger partial charge in [0.25, 0.3) is 0 Å². The summed E-state index contributed by atoms with van der Waals surface area (Å²) in [5.41, 5.74) is -0.640. The molecule has 86 valence electrons. The van der Waals surface area contributed by atoms with Crippen LogP contribution in [-0.4, -0.2) is 29.3 Å². The van der Waals surface area contributed by atoms with Gasteiger partial charge in [-0.1, -0.05) is 0 Å². The van der Waals surface area contributed by atoms with Gasteiger partial charge in [-0.25, -0.2) is 9.59 Å². The molecule has 0 saturated carbocycles. The molecule has 0 aromatic heterocycles. The van der Waals surface area contributed by atoms with Crippen LogP contribution in [0.2, 0.25) is 0 Å². The van der Waals surface area contributed by atoms with E-state index in [1.807, 2.05) is 0 Å². The number of carbonyl (C=O) groups is 2. The summed E-state index contributed by atoms with van der Waals surface area (Å²) in [5, 5.41) is 10.3. The van der Waals surface area contributed by atoms with Crippen molar-refractivity contribution in [1.29, 1.82) is 0 Å². The van der Waals surface area contributed by atoms with E-state index in [0.29, 0.717) is 0 Å². The Labute approximate surface area is 86.9 Å². The van der Waals surface area contributed by atoms with Crippen molar-refractivity contribution in [1.82, 2.24) is 5.32 Å². The van der Waals surface area contributed by atoms with Gasteiger partial charge in [0.2, 0.25) is 5.83 Å². The zero-order chi connectivity index (χ0) is 12.1. The van der Waals surface area contributed by atoms with Crippen LogP contribution >= 0.6 is 0 Å². The van der Waals surface area contributed by atoms with Crippen molar-refractivity contribution in [2.45, 2.75) is 26.4 Å². The Hall–Kier alpha value is -1.59. The molecule has 1 amide bonds.